The first-order chi connectivity index (χ1) is 29.6. The zero-order valence-corrected chi connectivity index (χ0v) is 37.6. The van der Waals surface area contributed by atoms with Crippen molar-refractivity contribution in [3.05, 3.63) is 91.3 Å². The number of ether oxygens (including phenoxy) is 1. The van der Waals surface area contributed by atoms with E-state index in [1.807, 2.05) is 39.8 Å². The number of aliphatic carboxylic acids is 1. The van der Waals surface area contributed by atoms with E-state index in [1.54, 1.807) is 12.1 Å². The number of nitrogens with zero attached hydrogens (tertiary/aromatic N) is 3. The molecule has 5 aliphatic rings. The van der Waals surface area contributed by atoms with Gasteiger partial charge in [0.25, 0.3) is 5.91 Å². The van der Waals surface area contributed by atoms with Crippen molar-refractivity contribution in [3.63, 3.8) is 0 Å². The van der Waals surface area contributed by atoms with Gasteiger partial charge in [-0.05, 0) is 75.8 Å². The van der Waals surface area contributed by atoms with Gasteiger partial charge in [0.1, 0.15) is 23.9 Å². The van der Waals surface area contributed by atoms with Crippen molar-refractivity contribution in [2.24, 2.45) is 0 Å². The van der Waals surface area contributed by atoms with Crippen LogP contribution in [-0.4, -0.2) is 107 Å². The van der Waals surface area contributed by atoms with Crippen LogP contribution in [0.5, 0.6) is 11.5 Å². The fourth-order valence-corrected chi connectivity index (χ4v) is 11.9. The second-order valence-corrected chi connectivity index (χ2v) is 20.7. The normalized spacial score (nSPS) is 18.3. The Hall–Kier alpha value is -4.68. The molecule has 5 aliphatic heterocycles. The van der Waals surface area contributed by atoms with Gasteiger partial charge in [-0.3, -0.25) is 9.59 Å². The number of anilines is 1. The smallest absolute Gasteiger partial charge is 0.303 e. The maximum Gasteiger partial charge on any atom is 0.303 e. The molecule has 0 bridgehead atoms. The SMILES string of the molecule is CC(CCC(=O)O)N(C)C(=O)c1c(F)c(F)c(SCCS(=O)(=O)[O-])c(F)c1C1=c2cc3c4c(c2Oc2c1cc1c5c2CCCN5C(C)(C)C=C1CO)CCC[N+]=4C(C)(C)C=C3CO. The lowest BCUT2D eigenvalue weighted by atomic mass is 9.78. The van der Waals surface area contributed by atoms with Gasteiger partial charge in [0, 0.05) is 90.9 Å². The molecule has 0 fully saturated rings. The quantitative estimate of drug-likeness (QED) is 0.0762. The molecule has 3 N–H and O–H groups in total. The van der Waals surface area contributed by atoms with Crippen LogP contribution in [0.3, 0.4) is 0 Å². The third-order valence-electron chi connectivity index (χ3n) is 13.2. The predicted octanol–water partition coefficient (Wildman–Crippen LogP) is 4.95. The lowest BCUT2D eigenvalue weighted by molar-refractivity contribution is -0.137. The van der Waals surface area contributed by atoms with Crippen molar-refractivity contribution in [1.29, 1.82) is 0 Å². The zero-order valence-electron chi connectivity index (χ0n) is 36.0. The first-order valence-corrected chi connectivity index (χ1v) is 23.6. The van der Waals surface area contributed by atoms with Crippen molar-refractivity contribution in [2.45, 2.75) is 95.2 Å². The summed E-state index contributed by atoms with van der Waals surface area (Å²) in [6.07, 6.45) is 5.85. The lowest BCUT2D eigenvalue weighted by Gasteiger charge is -2.47. The van der Waals surface area contributed by atoms with E-state index in [0.29, 0.717) is 72.5 Å². The first-order valence-electron chi connectivity index (χ1n) is 21.0. The molecule has 3 aromatic carbocycles. The fraction of sp³-hybridized carbons (Fsp3) is 0.457. The minimum Gasteiger partial charge on any atom is -0.748 e. The highest BCUT2D eigenvalue weighted by molar-refractivity contribution is 8.00. The highest BCUT2D eigenvalue weighted by atomic mass is 32.2. The van der Waals surface area contributed by atoms with Crippen LogP contribution in [0, 0.1) is 17.5 Å². The van der Waals surface area contributed by atoms with Crippen LogP contribution in [0.1, 0.15) is 104 Å². The van der Waals surface area contributed by atoms with E-state index >= 15 is 13.2 Å². The molecule has 17 heteroatoms. The minimum absolute atomic E-state index is 0.0347. The number of carbonyl (C=O) groups is 2. The number of halogens is 3. The number of carboxylic acid groups (broad SMARTS) is 1. The Morgan fingerprint density at radius 2 is 1.65 bits per heavy atom. The molecule has 1 unspecified atom stereocenters. The summed E-state index contributed by atoms with van der Waals surface area (Å²) in [5, 5.41) is 32.1. The van der Waals surface area contributed by atoms with Gasteiger partial charge in [-0.15, -0.1) is 11.8 Å². The molecule has 0 saturated carbocycles. The second kappa shape index (κ2) is 16.1. The largest absolute Gasteiger partial charge is 0.748 e. The Kier molecular flexibility index (Phi) is 11.5. The van der Waals surface area contributed by atoms with Crippen molar-refractivity contribution >= 4 is 56.2 Å². The van der Waals surface area contributed by atoms with Gasteiger partial charge >= 0.3 is 5.97 Å². The molecule has 3 aromatic rings. The number of benzene rings is 3. The monoisotopic (exact) mass is 909 g/mol. The van der Waals surface area contributed by atoms with E-state index < -0.39 is 84.1 Å². The highest BCUT2D eigenvalue weighted by Crippen LogP contribution is 2.53. The number of carboxylic acids is 1. The van der Waals surface area contributed by atoms with Gasteiger partial charge < -0.3 is 34.4 Å². The summed E-state index contributed by atoms with van der Waals surface area (Å²) < 4.78 is 95.9. The maximum atomic E-state index is 18.0. The molecule has 0 saturated heterocycles. The third-order valence-corrected chi connectivity index (χ3v) is 15.2. The molecule has 5 heterocycles. The predicted molar refractivity (Wildman–Crippen MR) is 232 cm³/mol. The standard InChI is InChI=1S/C46H50F3N3O9S2/c1-23(11-12-32(55)56)50(6)44(57)35-34(37(48)43(38(49)36(35)47)62-15-16-63(58,59)60)33-30-17-28-24(21-53)19-45(2,3)51-13-7-9-26(39(28)51)41(30)61-42-27-10-8-14-52-40(27)29(18-31(33)42)25(22-54)20-46(52,4)5/h17-20,23,53-54H,7-16,21-22H2,1-6H3,(H-,55,56,58,59,60). The molecule has 12 nitrogen and oxygen atoms in total. The molecule has 0 aromatic heterocycles. The van der Waals surface area contributed by atoms with Crippen molar-refractivity contribution in [2.75, 3.05) is 49.8 Å². The lowest BCUT2D eigenvalue weighted by Crippen LogP contribution is -2.53. The van der Waals surface area contributed by atoms with Crippen molar-refractivity contribution < 1.29 is 55.8 Å². The number of hydrogen-bond acceptors (Lipinski definition) is 10. The Labute approximate surface area is 367 Å². The number of thioether (sulfide) groups is 1. The minimum atomic E-state index is -4.85. The van der Waals surface area contributed by atoms with Crippen LogP contribution >= 0.6 is 11.8 Å². The van der Waals surface area contributed by atoms with E-state index in [4.69, 9.17) is 4.74 Å². The fourth-order valence-electron chi connectivity index (χ4n) is 10.1. The van der Waals surface area contributed by atoms with Gasteiger partial charge in [0.15, 0.2) is 17.2 Å². The van der Waals surface area contributed by atoms with Crippen LogP contribution in [-0.2, 0) is 27.8 Å². The molecule has 336 valence electrons. The number of fused-ring (bicyclic) bond motifs is 4. The van der Waals surface area contributed by atoms with Crippen LogP contribution < -0.4 is 24.8 Å². The maximum absolute atomic E-state index is 18.0. The molecule has 1 amide bonds. The topological polar surface area (TPSA) is 171 Å². The van der Waals surface area contributed by atoms with Crippen LogP contribution in [0.4, 0.5) is 18.9 Å². The molecule has 8 rings (SSSR count). The summed E-state index contributed by atoms with van der Waals surface area (Å²) in [6.45, 7) is 10.3. The number of aliphatic hydroxyl groups is 2. The van der Waals surface area contributed by atoms with Gasteiger partial charge in [0.05, 0.1) is 56.1 Å². The summed E-state index contributed by atoms with van der Waals surface area (Å²) in [6, 6.07) is 2.60. The molecular formula is C46H50F3N3O9S2. The zero-order chi connectivity index (χ0) is 45.7. The van der Waals surface area contributed by atoms with Gasteiger partial charge in [-0.25, -0.2) is 26.2 Å². The van der Waals surface area contributed by atoms with Gasteiger partial charge in [-0.1, -0.05) is 6.08 Å². The summed E-state index contributed by atoms with van der Waals surface area (Å²) in [5.41, 5.74) is 2.11. The summed E-state index contributed by atoms with van der Waals surface area (Å²) in [7, 11) is -3.56. The third kappa shape index (κ3) is 7.46. The van der Waals surface area contributed by atoms with E-state index in [9.17, 15) is 37.9 Å². The summed E-state index contributed by atoms with van der Waals surface area (Å²) in [4.78, 5) is 28.6. The highest BCUT2D eigenvalue weighted by Gasteiger charge is 2.44. The van der Waals surface area contributed by atoms with Crippen molar-refractivity contribution in [1.82, 2.24) is 9.48 Å². The molecule has 1 atom stereocenters. The average Bonchev–Trinajstić information content (AvgIpc) is 3.23. The number of carbonyl (C=O) groups excluding carboxylic acids is 1. The molecule has 0 spiro atoms. The van der Waals surface area contributed by atoms with Crippen LogP contribution in [0.2, 0.25) is 0 Å². The van der Waals surface area contributed by atoms with E-state index in [0.717, 1.165) is 27.1 Å². The first kappa shape index (κ1) is 44.9. The van der Waals surface area contributed by atoms with E-state index in [2.05, 4.69) is 9.48 Å². The van der Waals surface area contributed by atoms with Crippen LogP contribution in [0.15, 0.2) is 29.2 Å². The van der Waals surface area contributed by atoms with E-state index in [-0.39, 0.29) is 54.2 Å². The number of aliphatic hydroxyl groups excluding tert-OH is 2. The van der Waals surface area contributed by atoms with E-state index in [1.165, 1.54) is 14.0 Å². The Morgan fingerprint density at radius 1 is 0.968 bits per heavy atom. The molecule has 0 aliphatic carbocycles. The Balaban J connectivity index is 1.56. The van der Waals surface area contributed by atoms with Gasteiger partial charge in [0.2, 0.25) is 5.36 Å². The molecular weight excluding hydrogens is 860 g/mol. The Bertz CT molecular complexity index is 2840. The number of hydrogen-bond donors (Lipinski definition) is 3. The second-order valence-electron chi connectivity index (χ2n) is 18.0. The number of amides is 1. The summed E-state index contributed by atoms with van der Waals surface area (Å²) in [5.74, 6) is -8.19. The van der Waals surface area contributed by atoms with Crippen molar-refractivity contribution in [3.8, 4) is 11.5 Å². The molecule has 63 heavy (non-hydrogen) atoms. The molecule has 0 radical (unpaired) electrons. The van der Waals surface area contributed by atoms with Crippen LogP contribution in [0.25, 0.3) is 16.7 Å². The average molecular weight is 910 g/mol. The number of rotatable bonds is 12. The van der Waals surface area contributed by atoms with Gasteiger partial charge in [-0.2, -0.15) is 0 Å². The Morgan fingerprint density at radius 3 is 2.32 bits per heavy atom. The summed E-state index contributed by atoms with van der Waals surface area (Å²) >= 11 is 0.288.